The second kappa shape index (κ2) is 9.39. The first-order valence-corrected chi connectivity index (χ1v) is 12.9. The third-order valence-corrected chi connectivity index (χ3v) is 9.69. The molecule has 3 N–H and O–H groups in total. The average Bonchev–Trinajstić information content (AvgIpc) is 3.04. The van der Waals surface area contributed by atoms with Crippen molar-refractivity contribution >= 4 is 0 Å². The van der Waals surface area contributed by atoms with Gasteiger partial charge in [0.2, 0.25) is 0 Å². The summed E-state index contributed by atoms with van der Waals surface area (Å²) in [6.07, 6.45) is 12.5. The highest BCUT2D eigenvalue weighted by molar-refractivity contribution is 5.38. The van der Waals surface area contributed by atoms with Crippen LogP contribution in [0.2, 0.25) is 0 Å². The van der Waals surface area contributed by atoms with Gasteiger partial charge in [-0.25, -0.2) is 0 Å². The van der Waals surface area contributed by atoms with E-state index < -0.39 is 17.8 Å². The van der Waals surface area contributed by atoms with Crippen molar-refractivity contribution in [2.24, 2.45) is 28.6 Å². The van der Waals surface area contributed by atoms with Crippen LogP contribution in [0.25, 0.3) is 0 Å². The van der Waals surface area contributed by atoms with Gasteiger partial charge in [0, 0.05) is 6.42 Å². The molecule has 4 unspecified atom stereocenters. The lowest BCUT2D eigenvalue weighted by Gasteiger charge is -2.45. The van der Waals surface area contributed by atoms with Gasteiger partial charge in [-0.3, -0.25) is 0 Å². The smallest absolute Gasteiger partial charge is 0.0811 e. The largest absolute Gasteiger partial charge is 0.393 e. The van der Waals surface area contributed by atoms with Crippen molar-refractivity contribution in [2.45, 2.75) is 117 Å². The van der Waals surface area contributed by atoms with Gasteiger partial charge >= 0.3 is 0 Å². The first kappa shape index (κ1) is 25.7. The van der Waals surface area contributed by atoms with E-state index in [0.29, 0.717) is 36.0 Å². The number of allylic oxidation sites excluding steroid dienone is 3. The first-order chi connectivity index (χ1) is 14.8. The van der Waals surface area contributed by atoms with Crippen molar-refractivity contribution in [1.82, 2.24) is 0 Å². The maximum atomic E-state index is 11.0. The Bertz CT molecular complexity index is 753. The molecule has 0 heterocycles. The van der Waals surface area contributed by atoms with Gasteiger partial charge < -0.3 is 15.3 Å². The van der Waals surface area contributed by atoms with Gasteiger partial charge in [0.25, 0.3) is 0 Å². The van der Waals surface area contributed by atoms with Gasteiger partial charge in [-0.1, -0.05) is 58.9 Å². The third kappa shape index (κ3) is 5.10. The van der Waals surface area contributed by atoms with Gasteiger partial charge in [0.05, 0.1) is 17.8 Å². The van der Waals surface area contributed by atoms with Crippen LogP contribution >= 0.6 is 0 Å². The maximum absolute atomic E-state index is 11.0. The summed E-state index contributed by atoms with van der Waals surface area (Å²) in [6.45, 7) is 17.4. The Kier molecular flexibility index (Phi) is 7.55. The summed E-state index contributed by atoms with van der Waals surface area (Å²) in [7, 11) is 0. The Morgan fingerprint density at radius 2 is 1.84 bits per heavy atom. The molecule has 32 heavy (non-hydrogen) atoms. The second-order valence-electron chi connectivity index (χ2n) is 12.7. The van der Waals surface area contributed by atoms with Crippen LogP contribution in [0.5, 0.6) is 0 Å². The molecule has 0 aromatic heterocycles. The van der Waals surface area contributed by atoms with Crippen molar-refractivity contribution < 1.29 is 15.3 Å². The summed E-state index contributed by atoms with van der Waals surface area (Å²) in [5, 5.41) is 31.2. The summed E-state index contributed by atoms with van der Waals surface area (Å²) in [5.74, 6) is 1.93. The summed E-state index contributed by atoms with van der Waals surface area (Å²) in [6, 6.07) is 0. The van der Waals surface area contributed by atoms with Crippen LogP contribution in [0.3, 0.4) is 0 Å². The van der Waals surface area contributed by atoms with Gasteiger partial charge in [0.15, 0.2) is 0 Å². The molecule has 3 fully saturated rings. The van der Waals surface area contributed by atoms with Crippen molar-refractivity contribution in [3.8, 4) is 0 Å². The van der Waals surface area contributed by atoms with E-state index in [1.54, 1.807) is 5.57 Å². The van der Waals surface area contributed by atoms with E-state index in [2.05, 4.69) is 53.3 Å². The Labute approximate surface area is 196 Å². The van der Waals surface area contributed by atoms with Crippen LogP contribution in [0.15, 0.2) is 35.5 Å². The number of aliphatic hydroxyl groups excluding tert-OH is 2. The molecular weight excluding hydrogens is 396 g/mol. The maximum Gasteiger partial charge on any atom is 0.0811 e. The van der Waals surface area contributed by atoms with E-state index >= 15 is 0 Å². The van der Waals surface area contributed by atoms with E-state index in [0.717, 1.165) is 30.4 Å². The fourth-order valence-electron chi connectivity index (χ4n) is 6.76. The summed E-state index contributed by atoms with van der Waals surface area (Å²) in [4.78, 5) is 0. The molecule has 182 valence electrons. The molecule has 0 aromatic carbocycles. The monoisotopic (exact) mass is 444 g/mol. The van der Waals surface area contributed by atoms with Crippen LogP contribution in [-0.4, -0.2) is 33.1 Å². The van der Waals surface area contributed by atoms with Gasteiger partial charge in [-0.05, 0) is 98.0 Å². The summed E-state index contributed by atoms with van der Waals surface area (Å²) in [5.41, 5.74) is 2.91. The van der Waals surface area contributed by atoms with Crippen LogP contribution in [0.4, 0.5) is 0 Å². The van der Waals surface area contributed by atoms with E-state index in [1.807, 2.05) is 6.92 Å². The molecule has 3 rings (SSSR count). The SMILES string of the molecule is C=C1/C(=C\C=C2/CCCC3(C)C2CCC3C(C)CC[C@@](C)(O)C(C)(C)C)C[C@@H](O)C[C@@H]1O. The highest BCUT2D eigenvalue weighted by Crippen LogP contribution is 2.60. The van der Waals surface area contributed by atoms with Crippen LogP contribution in [0, 0.1) is 28.6 Å². The molecule has 0 aromatic rings. The Balaban J connectivity index is 1.73. The van der Waals surface area contributed by atoms with E-state index in [1.165, 1.54) is 25.7 Å². The minimum Gasteiger partial charge on any atom is -0.393 e. The molecule has 0 spiro atoms. The molecule has 3 saturated carbocycles. The van der Waals surface area contributed by atoms with Crippen LogP contribution < -0.4 is 0 Å². The third-order valence-electron chi connectivity index (χ3n) is 9.69. The lowest BCUT2D eigenvalue weighted by atomic mass is 9.60. The summed E-state index contributed by atoms with van der Waals surface area (Å²) < 4.78 is 0. The predicted molar refractivity (Wildman–Crippen MR) is 133 cm³/mol. The average molecular weight is 445 g/mol. The Morgan fingerprint density at radius 1 is 1.16 bits per heavy atom. The first-order valence-electron chi connectivity index (χ1n) is 12.9. The highest BCUT2D eigenvalue weighted by atomic mass is 16.3. The fraction of sp³-hybridized carbons (Fsp3) is 0.793. The number of hydrogen-bond donors (Lipinski definition) is 3. The standard InChI is InChI=1S/C29H48O3/c1-19(14-16-29(7,32)27(3,4)5)24-12-13-25-21(9-8-15-28(24,25)6)10-11-22-17-23(30)18-26(31)20(22)2/h10-11,19,23-26,30-32H,2,8-9,12-18H2,1,3-7H3/b21-10+,22-11-/t19?,23-,24?,25?,26+,28?,29-/m1/s1. The number of rotatable bonds is 5. The molecule has 0 amide bonds. The topological polar surface area (TPSA) is 60.7 Å². The number of hydrogen-bond acceptors (Lipinski definition) is 3. The Morgan fingerprint density at radius 3 is 2.50 bits per heavy atom. The molecule has 0 bridgehead atoms. The van der Waals surface area contributed by atoms with Crippen molar-refractivity contribution in [1.29, 1.82) is 0 Å². The van der Waals surface area contributed by atoms with Gasteiger partial charge in [-0.2, -0.15) is 0 Å². The Hall–Kier alpha value is -0.900. The second-order valence-corrected chi connectivity index (χ2v) is 12.7. The lowest BCUT2D eigenvalue weighted by molar-refractivity contribution is -0.0552. The zero-order valence-corrected chi connectivity index (χ0v) is 21.5. The number of aliphatic hydroxyl groups is 3. The zero-order valence-electron chi connectivity index (χ0n) is 21.5. The van der Waals surface area contributed by atoms with Crippen molar-refractivity contribution in [3.05, 3.63) is 35.5 Å². The predicted octanol–water partition coefficient (Wildman–Crippen LogP) is 6.34. The normalized spacial score (nSPS) is 39.2. The van der Waals surface area contributed by atoms with Crippen LogP contribution in [-0.2, 0) is 0 Å². The molecule has 0 saturated heterocycles. The molecule has 0 aliphatic heterocycles. The minimum absolute atomic E-state index is 0.104. The molecule has 3 heteroatoms. The zero-order chi connectivity index (χ0) is 23.9. The molecular formula is C29H48O3. The van der Waals surface area contributed by atoms with Crippen molar-refractivity contribution in [2.75, 3.05) is 0 Å². The van der Waals surface area contributed by atoms with Crippen molar-refractivity contribution in [3.63, 3.8) is 0 Å². The van der Waals surface area contributed by atoms with Gasteiger partial charge in [0.1, 0.15) is 0 Å². The fourth-order valence-corrected chi connectivity index (χ4v) is 6.76. The molecule has 7 atom stereocenters. The molecule has 3 nitrogen and oxygen atoms in total. The number of fused-ring (bicyclic) bond motifs is 1. The highest BCUT2D eigenvalue weighted by Gasteiger charge is 2.50. The summed E-state index contributed by atoms with van der Waals surface area (Å²) >= 11 is 0. The molecule has 3 aliphatic carbocycles. The lowest BCUT2D eigenvalue weighted by Crippen LogP contribution is -2.41. The van der Waals surface area contributed by atoms with Crippen LogP contribution in [0.1, 0.15) is 99.3 Å². The molecule has 3 aliphatic rings. The minimum atomic E-state index is -0.637. The molecule has 0 radical (unpaired) electrons. The van der Waals surface area contributed by atoms with E-state index in [9.17, 15) is 15.3 Å². The quantitative estimate of drug-likeness (QED) is 0.463. The van der Waals surface area contributed by atoms with E-state index in [4.69, 9.17) is 0 Å². The van der Waals surface area contributed by atoms with E-state index in [-0.39, 0.29) is 5.41 Å². The van der Waals surface area contributed by atoms with Gasteiger partial charge in [-0.15, -0.1) is 0 Å².